The number of anilines is 1. The van der Waals surface area contributed by atoms with Crippen molar-refractivity contribution in [3.05, 3.63) is 29.3 Å². The number of methoxy groups -OCH3 is 1. The van der Waals surface area contributed by atoms with Crippen LogP contribution in [0.3, 0.4) is 0 Å². The van der Waals surface area contributed by atoms with E-state index in [0.717, 1.165) is 12.1 Å². The molecule has 0 aromatic heterocycles. The zero-order valence-corrected chi connectivity index (χ0v) is 11.7. The Hall–Kier alpha value is -1.73. The number of carbonyl (C=O) groups is 1. The van der Waals surface area contributed by atoms with E-state index in [0.29, 0.717) is 13.2 Å². The third-order valence-corrected chi connectivity index (χ3v) is 2.97. The van der Waals surface area contributed by atoms with Crippen molar-refractivity contribution >= 4 is 11.6 Å². The number of amides is 1. The Bertz CT molecular complexity index is 460. The summed E-state index contributed by atoms with van der Waals surface area (Å²) in [5.74, 6) is 2.73. The third-order valence-electron chi connectivity index (χ3n) is 2.97. The molecule has 0 saturated heterocycles. The lowest BCUT2D eigenvalue weighted by Crippen LogP contribution is -2.41. The fourth-order valence-corrected chi connectivity index (χ4v) is 1.99. The first-order valence-electron chi connectivity index (χ1n) is 6.21. The molecule has 0 aliphatic heterocycles. The number of ether oxygens (including phenoxy) is 1. The molecule has 0 saturated carbocycles. The summed E-state index contributed by atoms with van der Waals surface area (Å²) < 4.78 is 32.2. The van der Waals surface area contributed by atoms with Crippen LogP contribution in [0.15, 0.2) is 12.1 Å². The van der Waals surface area contributed by atoms with E-state index in [2.05, 4.69) is 0 Å². The summed E-state index contributed by atoms with van der Waals surface area (Å²) in [6.07, 6.45) is 0. The van der Waals surface area contributed by atoms with Crippen molar-refractivity contribution in [1.29, 1.82) is 0 Å². The number of nitrogens with one attached hydrogen (secondary N) is 1. The minimum atomic E-state index is -0.911. The average molecular weight is 287 g/mol. The van der Waals surface area contributed by atoms with Gasteiger partial charge in [0.15, 0.2) is 11.6 Å². The summed E-state index contributed by atoms with van der Waals surface area (Å²) in [4.78, 5) is 13.8. The second kappa shape index (κ2) is 7.16. The van der Waals surface area contributed by atoms with Gasteiger partial charge in [0.1, 0.15) is 5.69 Å². The quantitative estimate of drug-likeness (QED) is 0.618. The van der Waals surface area contributed by atoms with Gasteiger partial charge in [0.05, 0.1) is 12.6 Å². The highest BCUT2D eigenvalue weighted by molar-refractivity contribution is 5.94. The SMILES string of the molecule is CCN(C(=O)c1cc(F)c(NN)c(F)c1)C(C)COC. The van der Waals surface area contributed by atoms with Crippen molar-refractivity contribution in [3.8, 4) is 0 Å². The summed E-state index contributed by atoms with van der Waals surface area (Å²) >= 11 is 0. The van der Waals surface area contributed by atoms with Gasteiger partial charge in [-0.15, -0.1) is 0 Å². The molecular formula is C13H19F2N3O2. The molecule has 1 atom stereocenters. The molecule has 1 amide bonds. The van der Waals surface area contributed by atoms with E-state index in [1.54, 1.807) is 13.8 Å². The monoisotopic (exact) mass is 287 g/mol. The van der Waals surface area contributed by atoms with Crippen LogP contribution in [0.25, 0.3) is 0 Å². The Morgan fingerprint density at radius 3 is 2.40 bits per heavy atom. The van der Waals surface area contributed by atoms with E-state index in [1.807, 2.05) is 5.43 Å². The number of likely N-dealkylation sites (N-methyl/N-ethyl adjacent to an activating group) is 1. The number of hydrazine groups is 1. The van der Waals surface area contributed by atoms with E-state index < -0.39 is 23.2 Å². The maximum Gasteiger partial charge on any atom is 0.254 e. The van der Waals surface area contributed by atoms with Gasteiger partial charge in [-0.25, -0.2) is 8.78 Å². The molecule has 0 spiro atoms. The predicted molar refractivity (Wildman–Crippen MR) is 72.2 cm³/mol. The predicted octanol–water partition coefficient (Wildman–Crippen LogP) is 1.75. The number of rotatable bonds is 6. The third kappa shape index (κ3) is 3.43. The Kier molecular flexibility index (Phi) is 5.84. The minimum absolute atomic E-state index is 0.0659. The largest absolute Gasteiger partial charge is 0.383 e. The first kappa shape index (κ1) is 16.3. The van der Waals surface area contributed by atoms with Crippen molar-refractivity contribution in [1.82, 2.24) is 4.90 Å². The number of hydrogen-bond acceptors (Lipinski definition) is 4. The van der Waals surface area contributed by atoms with Crippen molar-refractivity contribution in [2.75, 3.05) is 25.7 Å². The van der Waals surface area contributed by atoms with Gasteiger partial charge in [-0.05, 0) is 26.0 Å². The number of benzene rings is 1. The molecule has 1 aromatic rings. The normalized spacial score (nSPS) is 12.1. The molecule has 0 fully saturated rings. The van der Waals surface area contributed by atoms with Crippen LogP contribution >= 0.6 is 0 Å². The molecule has 0 aliphatic carbocycles. The average Bonchev–Trinajstić information content (AvgIpc) is 2.39. The molecule has 20 heavy (non-hydrogen) atoms. The van der Waals surface area contributed by atoms with E-state index in [-0.39, 0.29) is 11.6 Å². The Morgan fingerprint density at radius 2 is 2.00 bits per heavy atom. The highest BCUT2D eigenvalue weighted by Gasteiger charge is 2.22. The van der Waals surface area contributed by atoms with E-state index in [4.69, 9.17) is 10.6 Å². The number of nitrogens with two attached hydrogens (primary N) is 1. The lowest BCUT2D eigenvalue weighted by Gasteiger charge is -2.27. The van der Waals surface area contributed by atoms with Crippen LogP contribution < -0.4 is 11.3 Å². The summed E-state index contributed by atoms with van der Waals surface area (Å²) in [6, 6.07) is 1.72. The van der Waals surface area contributed by atoms with Crippen LogP contribution in [-0.2, 0) is 4.74 Å². The first-order chi connectivity index (χ1) is 9.46. The molecule has 1 aromatic carbocycles. The van der Waals surface area contributed by atoms with Crippen LogP contribution in [0.4, 0.5) is 14.5 Å². The number of carbonyl (C=O) groups excluding carboxylic acids is 1. The Morgan fingerprint density at radius 1 is 1.45 bits per heavy atom. The molecule has 112 valence electrons. The van der Waals surface area contributed by atoms with Gasteiger partial charge in [0.25, 0.3) is 5.91 Å². The number of nitrogens with zero attached hydrogens (tertiary/aromatic N) is 1. The standard InChI is InChI=1S/C13H19F2N3O2/c1-4-18(8(2)7-20-3)13(19)9-5-10(14)12(17-16)11(15)6-9/h5-6,8,17H,4,7,16H2,1-3H3. The summed E-state index contributed by atoms with van der Waals surface area (Å²) in [5.41, 5.74) is 1.39. The van der Waals surface area contributed by atoms with Crippen molar-refractivity contribution in [2.45, 2.75) is 19.9 Å². The Labute approximate surface area is 116 Å². The van der Waals surface area contributed by atoms with Crippen LogP contribution in [0.2, 0.25) is 0 Å². The fourth-order valence-electron chi connectivity index (χ4n) is 1.99. The van der Waals surface area contributed by atoms with Crippen LogP contribution in [0.5, 0.6) is 0 Å². The van der Waals surface area contributed by atoms with Gasteiger partial charge in [-0.3, -0.25) is 10.6 Å². The maximum absolute atomic E-state index is 13.6. The fraction of sp³-hybridized carbons (Fsp3) is 0.462. The molecular weight excluding hydrogens is 268 g/mol. The smallest absolute Gasteiger partial charge is 0.254 e. The lowest BCUT2D eigenvalue weighted by molar-refractivity contribution is 0.0578. The van der Waals surface area contributed by atoms with Gasteiger partial charge in [-0.1, -0.05) is 0 Å². The molecule has 1 rings (SSSR count). The van der Waals surface area contributed by atoms with E-state index in [1.165, 1.54) is 12.0 Å². The van der Waals surface area contributed by atoms with E-state index >= 15 is 0 Å². The molecule has 1 unspecified atom stereocenters. The van der Waals surface area contributed by atoms with Gasteiger partial charge in [0.2, 0.25) is 0 Å². The number of hydrogen-bond donors (Lipinski definition) is 2. The van der Waals surface area contributed by atoms with Crippen LogP contribution in [0, 0.1) is 11.6 Å². The highest BCUT2D eigenvalue weighted by Crippen LogP contribution is 2.21. The molecule has 3 N–H and O–H groups in total. The van der Waals surface area contributed by atoms with Crippen molar-refractivity contribution in [2.24, 2.45) is 5.84 Å². The second-order valence-electron chi connectivity index (χ2n) is 4.35. The molecule has 0 bridgehead atoms. The number of nitrogen functional groups attached to an aromatic ring is 1. The number of halogens is 2. The summed E-state index contributed by atoms with van der Waals surface area (Å²) in [5, 5.41) is 0. The van der Waals surface area contributed by atoms with Crippen LogP contribution in [0.1, 0.15) is 24.2 Å². The minimum Gasteiger partial charge on any atom is -0.383 e. The molecule has 0 radical (unpaired) electrons. The van der Waals surface area contributed by atoms with Crippen LogP contribution in [-0.4, -0.2) is 37.1 Å². The molecule has 0 aliphatic rings. The molecule has 5 nitrogen and oxygen atoms in total. The van der Waals surface area contributed by atoms with Gasteiger partial charge in [-0.2, -0.15) is 0 Å². The van der Waals surface area contributed by atoms with Gasteiger partial charge < -0.3 is 15.1 Å². The second-order valence-corrected chi connectivity index (χ2v) is 4.35. The molecule has 0 heterocycles. The Balaban J connectivity index is 3.07. The van der Waals surface area contributed by atoms with Crippen molar-refractivity contribution < 1.29 is 18.3 Å². The zero-order chi connectivity index (χ0) is 15.3. The topological polar surface area (TPSA) is 67.6 Å². The van der Waals surface area contributed by atoms with Gasteiger partial charge >= 0.3 is 0 Å². The maximum atomic E-state index is 13.6. The lowest BCUT2D eigenvalue weighted by atomic mass is 10.1. The van der Waals surface area contributed by atoms with Gasteiger partial charge in [0, 0.05) is 19.2 Å². The molecule has 7 heteroatoms. The first-order valence-corrected chi connectivity index (χ1v) is 6.21. The summed E-state index contributed by atoms with van der Waals surface area (Å²) in [6.45, 7) is 4.33. The van der Waals surface area contributed by atoms with Crippen molar-refractivity contribution in [3.63, 3.8) is 0 Å². The zero-order valence-electron chi connectivity index (χ0n) is 11.7. The van der Waals surface area contributed by atoms with E-state index in [9.17, 15) is 13.6 Å². The summed E-state index contributed by atoms with van der Waals surface area (Å²) in [7, 11) is 1.52. The highest BCUT2D eigenvalue weighted by atomic mass is 19.1.